The highest BCUT2D eigenvalue weighted by Crippen LogP contribution is 2.23. The number of nitrogens with zero attached hydrogens (tertiary/aromatic N) is 8. The van der Waals surface area contributed by atoms with Crippen LogP contribution in [0, 0.1) is 6.92 Å². The number of hydrogen-bond donors (Lipinski definition) is 1. The molecular weight excluding hydrogens is 398 g/mol. The topological polar surface area (TPSA) is 128 Å². The Morgan fingerprint density at radius 2 is 2.16 bits per heavy atom. The van der Waals surface area contributed by atoms with Crippen LogP contribution in [-0.4, -0.2) is 60.8 Å². The molecule has 5 rings (SSSR count). The van der Waals surface area contributed by atoms with Crippen molar-refractivity contribution in [3.8, 4) is 11.6 Å². The molecule has 1 aliphatic rings. The van der Waals surface area contributed by atoms with Gasteiger partial charge in [-0.1, -0.05) is 11.6 Å². The van der Waals surface area contributed by atoms with Gasteiger partial charge in [0.25, 0.3) is 5.78 Å². The average Bonchev–Trinajstić information content (AvgIpc) is 3.50. The minimum Gasteiger partial charge on any atom is -0.461 e. The molecule has 2 N–H and O–H groups in total. The highest BCUT2D eigenvalue weighted by atomic mass is 16.5. The van der Waals surface area contributed by atoms with Gasteiger partial charge in [0.1, 0.15) is 5.76 Å². The molecule has 5 heterocycles. The Hall–Kier alpha value is -3.47. The fourth-order valence-corrected chi connectivity index (χ4v) is 4.05. The zero-order valence-electron chi connectivity index (χ0n) is 17.6. The molecule has 0 unspecified atom stereocenters. The lowest BCUT2D eigenvalue weighted by Gasteiger charge is -2.37. The van der Waals surface area contributed by atoms with Gasteiger partial charge in [-0.05, 0) is 38.4 Å². The summed E-state index contributed by atoms with van der Waals surface area (Å²) in [7, 11) is 1.97. The second-order valence-corrected chi connectivity index (χ2v) is 7.94. The van der Waals surface area contributed by atoms with E-state index in [1.54, 1.807) is 18.4 Å². The molecule has 0 aromatic carbocycles. The summed E-state index contributed by atoms with van der Waals surface area (Å²) in [6, 6.07) is 5.92. The fraction of sp³-hybridized carbons (Fsp3) is 0.450. The number of likely N-dealkylation sites (tertiary alicyclic amines) is 1. The van der Waals surface area contributed by atoms with Gasteiger partial charge >= 0.3 is 0 Å². The van der Waals surface area contributed by atoms with E-state index in [-0.39, 0.29) is 5.95 Å². The van der Waals surface area contributed by atoms with Gasteiger partial charge in [0.15, 0.2) is 5.76 Å². The zero-order valence-corrected chi connectivity index (χ0v) is 17.6. The van der Waals surface area contributed by atoms with E-state index in [0.717, 1.165) is 37.5 Å². The number of nitrogens with two attached hydrogens (primary N) is 1. The van der Waals surface area contributed by atoms with Crippen molar-refractivity contribution in [2.75, 3.05) is 30.8 Å². The van der Waals surface area contributed by atoms with Crippen LogP contribution in [0.15, 0.2) is 33.4 Å². The first kappa shape index (κ1) is 19.5. The summed E-state index contributed by atoms with van der Waals surface area (Å²) in [6.45, 7) is 4.49. The Morgan fingerprint density at radius 1 is 1.26 bits per heavy atom. The summed E-state index contributed by atoms with van der Waals surface area (Å²) in [6.07, 6.45) is 5.06. The Morgan fingerprint density at radius 3 is 2.94 bits per heavy atom. The van der Waals surface area contributed by atoms with E-state index in [2.05, 4.69) is 30.1 Å². The molecule has 0 spiro atoms. The van der Waals surface area contributed by atoms with Crippen molar-refractivity contribution in [2.45, 2.75) is 38.8 Å². The lowest BCUT2D eigenvalue weighted by Crippen LogP contribution is -2.46. The lowest BCUT2D eigenvalue weighted by atomic mass is 10.0. The predicted octanol–water partition coefficient (Wildman–Crippen LogP) is 2.15. The fourth-order valence-electron chi connectivity index (χ4n) is 4.05. The number of fused-ring (bicyclic) bond motifs is 1. The molecule has 4 aromatic rings. The quantitative estimate of drug-likeness (QED) is 0.492. The molecular formula is C20H25N9O2. The molecule has 0 radical (unpaired) electrons. The summed E-state index contributed by atoms with van der Waals surface area (Å²) in [5.74, 6) is 2.95. The SMILES string of the molecule is Cc1cc(CN2CCCC[C@@H]2CN(C)c2nc(N)n3nc(-c4ccco4)nc3n2)no1. The molecule has 1 atom stereocenters. The van der Waals surface area contributed by atoms with E-state index < -0.39 is 0 Å². The molecule has 0 amide bonds. The van der Waals surface area contributed by atoms with E-state index in [9.17, 15) is 0 Å². The highest BCUT2D eigenvalue weighted by Gasteiger charge is 2.26. The molecule has 11 nitrogen and oxygen atoms in total. The standard InChI is InChI=1S/C20H25N9O2/c1-13-10-14(26-31-13)11-28-8-4-3-6-15(28)12-27(2)19-23-18(21)29-20(24-19)22-17(25-29)16-7-5-9-30-16/h5,7,9-10,15H,3-4,6,8,11-12H2,1-2H3,(H2,21,22,23,24,25)/t15-/m1/s1. The number of piperidine rings is 1. The van der Waals surface area contributed by atoms with E-state index in [1.807, 2.05) is 24.9 Å². The largest absolute Gasteiger partial charge is 0.461 e. The van der Waals surface area contributed by atoms with E-state index in [1.165, 1.54) is 17.4 Å². The van der Waals surface area contributed by atoms with Crippen LogP contribution in [0.2, 0.25) is 0 Å². The van der Waals surface area contributed by atoms with Crippen LogP contribution in [-0.2, 0) is 6.54 Å². The van der Waals surface area contributed by atoms with Crippen molar-refractivity contribution in [3.05, 3.63) is 35.9 Å². The number of nitrogen functional groups attached to an aromatic ring is 1. The van der Waals surface area contributed by atoms with Gasteiger partial charge in [0.2, 0.25) is 17.7 Å². The number of likely N-dealkylation sites (N-methyl/N-ethyl adjacent to an activating group) is 1. The molecule has 162 valence electrons. The van der Waals surface area contributed by atoms with Gasteiger partial charge in [-0.3, -0.25) is 4.90 Å². The molecule has 0 bridgehead atoms. The Balaban J connectivity index is 1.35. The molecule has 0 aliphatic carbocycles. The van der Waals surface area contributed by atoms with Crippen LogP contribution in [0.1, 0.15) is 30.7 Å². The van der Waals surface area contributed by atoms with Gasteiger partial charge in [-0.15, -0.1) is 5.10 Å². The maximum absolute atomic E-state index is 6.15. The average molecular weight is 423 g/mol. The minimum atomic E-state index is 0.232. The van der Waals surface area contributed by atoms with E-state index in [4.69, 9.17) is 14.7 Å². The Kier molecular flexibility index (Phi) is 5.02. The molecule has 1 saturated heterocycles. The van der Waals surface area contributed by atoms with Crippen LogP contribution < -0.4 is 10.6 Å². The normalized spacial score (nSPS) is 17.4. The number of aromatic nitrogens is 6. The zero-order chi connectivity index (χ0) is 21.4. The second-order valence-electron chi connectivity index (χ2n) is 7.94. The van der Waals surface area contributed by atoms with Crippen LogP contribution in [0.5, 0.6) is 0 Å². The van der Waals surface area contributed by atoms with Crippen molar-refractivity contribution in [2.24, 2.45) is 0 Å². The summed E-state index contributed by atoms with van der Waals surface area (Å²) in [4.78, 5) is 18.0. The second kappa shape index (κ2) is 7.99. The molecule has 31 heavy (non-hydrogen) atoms. The van der Waals surface area contributed by atoms with Gasteiger partial charge in [-0.2, -0.15) is 19.5 Å². The molecule has 11 heteroatoms. The number of hydrogen-bond acceptors (Lipinski definition) is 10. The lowest BCUT2D eigenvalue weighted by molar-refractivity contribution is 0.140. The number of rotatable bonds is 6. The highest BCUT2D eigenvalue weighted by molar-refractivity contribution is 5.53. The predicted molar refractivity (Wildman–Crippen MR) is 113 cm³/mol. The third kappa shape index (κ3) is 3.96. The van der Waals surface area contributed by atoms with Crippen LogP contribution in [0.3, 0.4) is 0 Å². The first-order valence-corrected chi connectivity index (χ1v) is 10.4. The van der Waals surface area contributed by atoms with Crippen molar-refractivity contribution in [3.63, 3.8) is 0 Å². The number of furan rings is 1. The molecule has 1 fully saturated rings. The van der Waals surface area contributed by atoms with Gasteiger partial charge in [0, 0.05) is 32.2 Å². The summed E-state index contributed by atoms with van der Waals surface area (Å²) in [5.41, 5.74) is 7.11. The summed E-state index contributed by atoms with van der Waals surface area (Å²) >= 11 is 0. The van der Waals surface area contributed by atoms with Crippen molar-refractivity contribution in [1.29, 1.82) is 0 Å². The van der Waals surface area contributed by atoms with Gasteiger partial charge < -0.3 is 19.6 Å². The molecule has 0 saturated carbocycles. The molecule has 4 aromatic heterocycles. The maximum atomic E-state index is 6.15. The first-order valence-electron chi connectivity index (χ1n) is 10.4. The van der Waals surface area contributed by atoms with Crippen molar-refractivity contribution >= 4 is 17.7 Å². The van der Waals surface area contributed by atoms with Gasteiger partial charge in [-0.25, -0.2) is 0 Å². The van der Waals surface area contributed by atoms with Gasteiger partial charge in [0.05, 0.1) is 12.0 Å². The summed E-state index contributed by atoms with van der Waals surface area (Å²) < 4.78 is 12.0. The minimum absolute atomic E-state index is 0.232. The van der Waals surface area contributed by atoms with Crippen LogP contribution in [0.4, 0.5) is 11.9 Å². The van der Waals surface area contributed by atoms with E-state index >= 15 is 0 Å². The Labute approximate surface area is 178 Å². The first-order chi connectivity index (χ1) is 15.1. The number of aryl methyl sites for hydroxylation is 1. The third-order valence-corrected chi connectivity index (χ3v) is 5.58. The smallest absolute Gasteiger partial charge is 0.259 e. The molecule has 1 aliphatic heterocycles. The van der Waals surface area contributed by atoms with Crippen LogP contribution >= 0.6 is 0 Å². The number of anilines is 2. The van der Waals surface area contributed by atoms with Crippen molar-refractivity contribution < 1.29 is 8.94 Å². The monoisotopic (exact) mass is 423 g/mol. The van der Waals surface area contributed by atoms with Crippen molar-refractivity contribution in [1.82, 2.24) is 34.6 Å². The maximum Gasteiger partial charge on any atom is 0.259 e. The summed E-state index contributed by atoms with van der Waals surface area (Å²) in [5, 5.41) is 8.50. The van der Waals surface area contributed by atoms with E-state index in [0.29, 0.717) is 29.4 Å². The van der Waals surface area contributed by atoms with Crippen LogP contribution in [0.25, 0.3) is 17.4 Å². The Bertz CT molecular complexity index is 1170. The third-order valence-electron chi connectivity index (χ3n) is 5.58.